The van der Waals surface area contributed by atoms with E-state index in [0.29, 0.717) is 5.69 Å². The van der Waals surface area contributed by atoms with Crippen LogP contribution in [0, 0.1) is 6.92 Å². The molecule has 0 aliphatic carbocycles. The van der Waals surface area contributed by atoms with Crippen LogP contribution >= 0.6 is 0 Å². The minimum Gasteiger partial charge on any atom is -0.464 e. The van der Waals surface area contributed by atoms with Gasteiger partial charge in [-0.2, -0.15) is 0 Å². The Morgan fingerprint density at radius 1 is 1.46 bits per heavy atom. The van der Waals surface area contributed by atoms with E-state index in [9.17, 15) is 4.79 Å². The van der Waals surface area contributed by atoms with Crippen molar-refractivity contribution in [2.45, 2.75) is 20.8 Å². The van der Waals surface area contributed by atoms with E-state index in [1.54, 1.807) is 12.3 Å². The molecule has 3 nitrogen and oxygen atoms in total. The summed E-state index contributed by atoms with van der Waals surface area (Å²) in [5, 5.41) is 0. The quantitative estimate of drug-likeness (QED) is 0.623. The van der Waals surface area contributed by atoms with E-state index in [-0.39, 0.29) is 0 Å². The molecule has 72 valence electrons. The van der Waals surface area contributed by atoms with Crippen molar-refractivity contribution in [2.75, 3.05) is 7.11 Å². The number of carbonyl (C=O) groups excluding carboxylic acids is 1. The lowest BCUT2D eigenvalue weighted by Crippen LogP contribution is -2.03. The maximum Gasteiger partial charge on any atom is 0.356 e. The number of rotatable bonds is 1. The molecule has 13 heavy (non-hydrogen) atoms. The highest BCUT2D eigenvalue weighted by molar-refractivity contribution is 5.87. The van der Waals surface area contributed by atoms with Crippen molar-refractivity contribution in [3.05, 3.63) is 29.6 Å². The number of carbonyl (C=O) groups is 1. The van der Waals surface area contributed by atoms with Crippen molar-refractivity contribution in [3.63, 3.8) is 0 Å². The number of esters is 1. The fourth-order valence-electron chi connectivity index (χ4n) is 0.752. The van der Waals surface area contributed by atoms with Gasteiger partial charge >= 0.3 is 5.97 Å². The molecule has 0 aliphatic rings. The van der Waals surface area contributed by atoms with Crippen LogP contribution in [0.15, 0.2) is 18.3 Å². The third-order valence-electron chi connectivity index (χ3n) is 1.31. The lowest BCUT2D eigenvalue weighted by atomic mass is 10.2. The molecule has 1 rings (SSSR count). The molecule has 0 N–H and O–H groups in total. The SMILES string of the molecule is CC.COC(=O)c1cc(C)ccn1. The largest absolute Gasteiger partial charge is 0.464 e. The molecule has 0 aromatic carbocycles. The molecule has 3 heteroatoms. The number of aryl methyl sites for hydroxylation is 1. The van der Waals surface area contributed by atoms with E-state index >= 15 is 0 Å². The number of ether oxygens (including phenoxy) is 1. The van der Waals surface area contributed by atoms with Crippen LogP contribution in [0.3, 0.4) is 0 Å². The van der Waals surface area contributed by atoms with Crippen LogP contribution in [-0.4, -0.2) is 18.1 Å². The van der Waals surface area contributed by atoms with Crippen LogP contribution in [0.5, 0.6) is 0 Å². The van der Waals surface area contributed by atoms with Crippen molar-refractivity contribution < 1.29 is 9.53 Å². The summed E-state index contributed by atoms with van der Waals surface area (Å²) in [6, 6.07) is 3.51. The molecule has 0 fully saturated rings. The monoisotopic (exact) mass is 181 g/mol. The Morgan fingerprint density at radius 2 is 2.08 bits per heavy atom. The van der Waals surface area contributed by atoms with E-state index in [0.717, 1.165) is 5.56 Å². The molecule has 0 atom stereocenters. The topological polar surface area (TPSA) is 39.2 Å². The summed E-state index contributed by atoms with van der Waals surface area (Å²) in [4.78, 5) is 14.7. The molecule has 0 amide bonds. The Bertz CT molecular complexity index is 271. The summed E-state index contributed by atoms with van der Waals surface area (Å²) in [5.41, 5.74) is 1.35. The first-order valence-corrected chi connectivity index (χ1v) is 4.25. The summed E-state index contributed by atoms with van der Waals surface area (Å²) in [7, 11) is 1.34. The molecule has 1 aromatic heterocycles. The van der Waals surface area contributed by atoms with Gasteiger partial charge in [0.05, 0.1) is 7.11 Å². The van der Waals surface area contributed by atoms with E-state index in [1.165, 1.54) is 7.11 Å². The van der Waals surface area contributed by atoms with Crippen LogP contribution in [0.2, 0.25) is 0 Å². The van der Waals surface area contributed by atoms with E-state index in [2.05, 4.69) is 9.72 Å². The zero-order valence-electron chi connectivity index (χ0n) is 8.50. The van der Waals surface area contributed by atoms with Gasteiger partial charge in [0.1, 0.15) is 5.69 Å². The summed E-state index contributed by atoms with van der Waals surface area (Å²) in [6.45, 7) is 5.90. The molecular weight excluding hydrogens is 166 g/mol. The van der Waals surface area contributed by atoms with Crippen LogP contribution in [0.1, 0.15) is 29.9 Å². The fourth-order valence-corrected chi connectivity index (χ4v) is 0.752. The van der Waals surface area contributed by atoms with Crippen molar-refractivity contribution in [3.8, 4) is 0 Å². The fraction of sp³-hybridized carbons (Fsp3) is 0.400. The molecule has 0 saturated heterocycles. The van der Waals surface area contributed by atoms with Crippen molar-refractivity contribution in [1.82, 2.24) is 4.98 Å². The number of hydrogen-bond donors (Lipinski definition) is 0. The zero-order chi connectivity index (χ0) is 10.3. The molecule has 1 aromatic rings. The second kappa shape index (κ2) is 6.17. The third-order valence-corrected chi connectivity index (χ3v) is 1.31. The first-order chi connectivity index (χ1) is 6.24. The summed E-state index contributed by atoms with van der Waals surface area (Å²) in [5.74, 6) is -0.395. The second-order valence-electron chi connectivity index (χ2n) is 2.21. The van der Waals surface area contributed by atoms with Gasteiger partial charge in [0.2, 0.25) is 0 Å². The Hall–Kier alpha value is -1.38. The smallest absolute Gasteiger partial charge is 0.356 e. The zero-order valence-corrected chi connectivity index (χ0v) is 8.50. The molecule has 1 heterocycles. The number of hydrogen-bond acceptors (Lipinski definition) is 3. The molecule has 0 saturated carbocycles. The van der Waals surface area contributed by atoms with E-state index < -0.39 is 5.97 Å². The Balaban J connectivity index is 0.000000671. The molecule has 0 spiro atoms. The van der Waals surface area contributed by atoms with Gasteiger partial charge in [-0.05, 0) is 24.6 Å². The first-order valence-electron chi connectivity index (χ1n) is 4.25. The van der Waals surface area contributed by atoms with Crippen LogP contribution in [0.4, 0.5) is 0 Å². The predicted octanol–water partition coefficient (Wildman–Crippen LogP) is 2.20. The van der Waals surface area contributed by atoms with Crippen LogP contribution in [0.25, 0.3) is 0 Å². The number of methoxy groups -OCH3 is 1. The molecule has 0 bridgehead atoms. The highest BCUT2D eigenvalue weighted by Crippen LogP contribution is 2.00. The number of aromatic nitrogens is 1. The Labute approximate surface area is 78.8 Å². The lowest BCUT2D eigenvalue weighted by molar-refractivity contribution is 0.0594. The summed E-state index contributed by atoms with van der Waals surface area (Å²) >= 11 is 0. The number of pyridine rings is 1. The summed E-state index contributed by atoms with van der Waals surface area (Å²) in [6.07, 6.45) is 1.58. The first kappa shape index (κ1) is 11.6. The number of nitrogens with zero attached hydrogens (tertiary/aromatic N) is 1. The van der Waals surface area contributed by atoms with Gasteiger partial charge in [-0.25, -0.2) is 9.78 Å². The van der Waals surface area contributed by atoms with Crippen LogP contribution in [-0.2, 0) is 4.74 Å². The maximum atomic E-state index is 10.9. The molecule has 0 unspecified atom stereocenters. The molecule has 0 aliphatic heterocycles. The minimum absolute atomic E-state index is 0.354. The van der Waals surface area contributed by atoms with E-state index in [4.69, 9.17) is 0 Å². The third kappa shape index (κ3) is 3.69. The standard InChI is InChI=1S/C8H9NO2.C2H6/c1-6-3-4-9-7(5-6)8(10)11-2;1-2/h3-5H,1-2H3;1-2H3. The van der Waals surface area contributed by atoms with Crippen LogP contribution < -0.4 is 0 Å². The summed E-state index contributed by atoms with van der Waals surface area (Å²) < 4.78 is 4.49. The second-order valence-corrected chi connectivity index (χ2v) is 2.21. The van der Waals surface area contributed by atoms with Gasteiger partial charge in [0, 0.05) is 6.20 Å². The van der Waals surface area contributed by atoms with Gasteiger partial charge < -0.3 is 4.74 Å². The van der Waals surface area contributed by atoms with Crippen molar-refractivity contribution in [1.29, 1.82) is 0 Å². The normalized spacial score (nSPS) is 8.31. The van der Waals surface area contributed by atoms with Gasteiger partial charge in [0.25, 0.3) is 0 Å². The lowest BCUT2D eigenvalue weighted by Gasteiger charge is -1.97. The maximum absolute atomic E-state index is 10.9. The molecule has 0 radical (unpaired) electrons. The Morgan fingerprint density at radius 3 is 2.54 bits per heavy atom. The van der Waals surface area contributed by atoms with Gasteiger partial charge in [-0.3, -0.25) is 0 Å². The van der Waals surface area contributed by atoms with Gasteiger partial charge in [0.15, 0.2) is 0 Å². The Kier molecular flexibility index (Phi) is 5.52. The van der Waals surface area contributed by atoms with Crippen molar-refractivity contribution >= 4 is 5.97 Å². The minimum atomic E-state index is -0.395. The highest BCUT2D eigenvalue weighted by atomic mass is 16.5. The van der Waals surface area contributed by atoms with Crippen molar-refractivity contribution in [2.24, 2.45) is 0 Å². The highest BCUT2D eigenvalue weighted by Gasteiger charge is 2.04. The molecular formula is C10H15NO2. The average Bonchev–Trinajstić information content (AvgIpc) is 2.20. The van der Waals surface area contributed by atoms with E-state index in [1.807, 2.05) is 26.8 Å². The van der Waals surface area contributed by atoms with Gasteiger partial charge in [-0.15, -0.1) is 0 Å². The van der Waals surface area contributed by atoms with Gasteiger partial charge in [-0.1, -0.05) is 13.8 Å². The predicted molar refractivity (Wildman–Crippen MR) is 51.7 cm³/mol. The average molecular weight is 181 g/mol.